The fraction of sp³-hybridized carbons (Fsp3) is 0.767. The molecule has 0 spiro atoms. The standard InChI is InChI=1S/C30H47N3O3/c1-4-36-19-30(35)16-14-21-20(17-30)9-10-23-22(21)13-15-29(2)24(23)11-12-25(29)28(34)18-33(32-3)27-8-6-5-7-26(27)31/h5-8,20-25,32,35H,4,9-19,31H2,1-3H3/p+1. The van der Waals surface area contributed by atoms with Crippen molar-refractivity contribution in [3.63, 3.8) is 0 Å². The average molecular weight is 499 g/mol. The molecule has 4 saturated carbocycles. The van der Waals surface area contributed by atoms with Crippen LogP contribution in [0.15, 0.2) is 24.3 Å². The quantitative estimate of drug-likeness (QED) is 0.288. The number of nitrogen functional groups attached to an aromatic ring is 1. The first-order valence-corrected chi connectivity index (χ1v) is 14.5. The van der Waals surface area contributed by atoms with Crippen LogP contribution < -0.4 is 16.2 Å². The highest BCUT2D eigenvalue weighted by Crippen LogP contribution is 2.64. The highest BCUT2D eigenvalue weighted by molar-refractivity contribution is 5.87. The number of hydrogen-bond acceptors (Lipinski definition) is 5. The van der Waals surface area contributed by atoms with E-state index in [0.29, 0.717) is 37.4 Å². The van der Waals surface area contributed by atoms with Gasteiger partial charge in [0, 0.05) is 12.5 Å². The molecule has 0 aliphatic heterocycles. The lowest BCUT2D eigenvalue weighted by molar-refractivity contribution is -0.638. The minimum atomic E-state index is -0.623. The molecule has 0 amide bonds. The molecule has 8 unspecified atom stereocenters. The first-order chi connectivity index (χ1) is 17.3. The van der Waals surface area contributed by atoms with Crippen molar-refractivity contribution in [2.45, 2.75) is 77.2 Å². The van der Waals surface area contributed by atoms with Crippen molar-refractivity contribution in [3.8, 4) is 0 Å². The van der Waals surface area contributed by atoms with E-state index in [1.165, 1.54) is 32.1 Å². The Balaban J connectivity index is 1.26. The average Bonchev–Trinajstić information content (AvgIpc) is 3.23. The Morgan fingerprint density at radius 1 is 1.11 bits per heavy atom. The Morgan fingerprint density at radius 3 is 2.64 bits per heavy atom. The minimum absolute atomic E-state index is 0.122. The number of carbonyl (C=O) groups excluding carboxylic acids is 1. The zero-order valence-corrected chi connectivity index (χ0v) is 22.6. The van der Waals surface area contributed by atoms with Crippen molar-refractivity contribution < 1.29 is 20.1 Å². The van der Waals surface area contributed by atoms with E-state index in [1.54, 1.807) is 0 Å². The summed E-state index contributed by atoms with van der Waals surface area (Å²) in [5, 5.41) is 13.2. The highest BCUT2D eigenvalue weighted by atomic mass is 16.5. The van der Waals surface area contributed by atoms with E-state index in [9.17, 15) is 9.90 Å². The van der Waals surface area contributed by atoms with Gasteiger partial charge in [-0.15, -0.1) is 0 Å². The van der Waals surface area contributed by atoms with Crippen LogP contribution in [-0.4, -0.2) is 43.3 Å². The van der Waals surface area contributed by atoms with Gasteiger partial charge in [0.25, 0.3) is 0 Å². The maximum Gasteiger partial charge on any atom is 0.161 e. The van der Waals surface area contributed by atoms with Crippen LogP contribution in [0.1, 0.15) is 71.6 Å². The van der Waals surface area contributed by atoms with E-state index < -0.39 is 5.60 Å². The molecular formula is C30H48N3O3+. The number of ether oxygens (including phenoxy) is 1. The summed E-state index contributed by atoms with van der Waals surface area (Å²) in [4.78, 5) is 13.8. The van der Waals surface area contributed by atoms with Gasteiger partial charge in [-0.3, -0.25) is 4.79 Å². The van der Waals surface area contributed by atoms with Gasteiger partial charge >= 0.3 is 0 Å². The molecule has 0 radical (unpaired) electrons. The van der Waals surface area contributed by atoms with Gasteiger partial charge in [0.15, 0.2) is 5.78 Å². The number of fused-ring (bicyclic) bond motifs is 5. The van der Waals surface area contributed by atoms with Crippen LogP contribution in [0, 0.1) is 40.9 Å². The van der Waals surface area contributed by atoms with E-state index in [2.05, 4.69) is 6.92 Å². The predicted molar refractivity (Wildman–Crippen MR) is 143 cm³/mol. The summed E-state index contributed by atoms with van der Waals surface area (Å²) in [6.45, 7) is 6.02. The fourth-order valence-corrected chi connectivity index (χ4v) is 9.26. The molecule has 0 bridgehead atoms. The molecule has 4 aliphatic carbocycles. The van der Waals surface area contributed by atoms with Gasteiger partial charge in [0.1, 0.15) is 12.2 Å². The topological polar surface area (TPSA) is 92.4 Å². The number of anilines is 2. The second-order valence-electron chi connectivity index (χ2n) is 12.6. The number of Topliss-reactive ketones (excluding diaryl/α,β-unsaturated/α-hetero) is 1. The molecule has 5 N–H and O–H groups in total. The lowest BCUT2D eigenvalue weighted by atomic mass is 9.49. The molecule has 0 heterocycles. The summed E-state index contributed by atoms with van der Waals surface area (Å²) < 4.78 is 5.64. The summed E-state index contributed by atoms with van der Waals surface area (Å²) in [5.41, 5.74) is 9.37. The van der Waals surface area contributed by atoms with Gasteiger partial charge in [0.2, 0.25) is 0 Å². The summed E-state index contributed by atoms with van der Waals surface area (Å²) in [6.07, 6.45) is 10.1. The van der Waals surface area contributed by atoms with Crippen LogP contribution in [0.4, 0.5) is 11.4 Å². The SMILES string of the molecule is CCOCC1(O)CCC2C(CCC3C2CCC2(C)C(C(=O)CN([NH2+]C)c4ccccc4N)CCC32)C1. The Morgan fingerprint density at radius 2 is 1.89 bits per heavy atom. The lowest BCUT2D eigenvalue weighted by Crippen LogP contribution is -2.92. The van der Waals surface area contributed by atoms with Crippen LogP contribution in [0.2, 0.25) is 0 Å². The van der Waals surface area contributed by atoms with Crippen LogP contribution in [0.5, 0.6) is 0 Å². The molecule has 4 aliphatic rings. The molecule has 0 aromatic heterocycles. The van der Waals surface area contributed by atoms with Crippen LogP contribution in [0.25, 0.3) is 0 Å². The number of nitrogens with zero attached hydrogens (tertiary/aromatic N) is 1. The number of nitrogens with two attached hydrogens (primary N) is 2. The van der Waals surface area contributed by atoms with Gasteiger partial charge in [0.05, 0.1) is 24.9 Å². The monoisotopic (exact) mass is 498 g/mol. The Hall–Kier alpha value is -1.63. The second-order valence-corrected chi connectivity index (χ2v) is 12.6. The number of benzene rings is 1. The van der Waals surface area contributed by atoms with Crippen LogP contribution >= 0.6 is 0 Å². The van der Waals surface area contributed by atoms with Crippen molar-refractivity contribution in [1.82, 2.24) is 0 Å². The van der Waals surface area contributed by atoms with Crippen LogP contribution in [0.3, 0.4) is 0 Å². The number of rotatable bonds is 8. The largest absolute Gasteiger partial charge is 0.397 e. The van der Waals surface area contributed by atoms with E-state index in [4.69, 9.17) is 10.5 Å². The zero-order chi connectivity index (χ0) is 25.5. The van der Waals surface area contributed by atoms with E-state index in [1.807, 2.05) is 48.7 Å². The number of aliphatic hydroxyl groups is 1. The molecule has 0 saturated heterocycles. The first-order valence-electron chi connectivity index (χ1n) is 14.5. The van der Waals surface area contributed by atoms with Gasteiger partial charge < -0.3 is 15.6 Å². The van der Waals surface area contributed by atoms with Crippen molar-refractivity contribution in [3.05, 3.63) is 24.3 Å². The Labute approximate surface area is 217 Å². The number of quaternary nitrogens is 1. The summed E-state index contributed by atoms with van der Waals surface area (Å²) >= 11 is 0. The molecule has 1 aromatic carbocycles. The number of carbonyl (C=O) groups is 1. The summed E-state index contributed by atoms with van der Waals surface area (Å²) in [6, 6.07) is 7.84. The molecule has 6 nitrogen and oxygen atoms in total. The maximum atomic E-state index is 13.8. The summed E-state index contributed by atoms with van der Waals surface area (Å²) in [5.74, 6) is 4.10. The van der Waals surface area contributed by atoms with Gasteiger partial charge in [-0.1, -0.05) is 19.1 Å². The normalized spacial score (nSPS) is 39.7. The van der Waals surface area contributed by atoms with Crippen LogP contribution in [-0.2, 0) is 9.53 Å². The second kappa shape index (κ2) is 10.3. The number of ketones is 1. The molecule has 4 fully saturated rings. The third-order valence-electron chi connectivity index (χ3n) is 11.0. The van der Waals surface area contributed by atoms with E-state index >= 15 is 0 Å². The number of para-hydroxylation sites is 2. The summed E-state index contributed by atoms with van der Waals surface area (Å²) in [7, 11) is 1.99. The van der Waals surface area contributed by atoms with E-state index in [-0.39, 0.29) is 11.3 Å². The molecular weight excluding hydrogens is 450 g/mol. The zero-order valence-electron chi connectivity index (χ0n) is 22.6. The van der Waals surface area contributed by atoms with Crippen molar-refractivity contribution >= 4 is 17.2 Å². The number of hydrogen-bond donors (Lipinski definition) is 3. The highest BCUT2D eigenvalue weighted by Gasteiger charge is 2.59. The van der Waals surface area contributed by atoms with Crippen molar-refractivity contribution in [1.29, 1.82) is 0 Å². The smallest absolute Gasteiger partial charge is 0.161 e. The predicted octanol–water partition coefficient (Wildman–Crippen LogP) is 3.79. The molecule has 36 heavy (non-hydrogen) atoms. The Kier molecular flexibility index (Phi) is 7.41. The Bertz CT molecular complexity index is 940. The molecule has 200 valence electrons. The third kappa shape index (κ3) is 4.58. The van der Waals surface area contributed by atoms with Crippen molar-refractivity contribution in [2.75, 3.05) is 37.5 Å². The molecule has 1 aromatic rings. The van der Waals surface area contributed by atoms with Gasteiger partial charge in [-0.05, 0) is 112 Å². The third-order valence-corrected chi connectivity index (χ3v) is 11.0. The first kappa shape index (κ1) is 26.0. The maximum absolute atomic E-state index is 13.8. The lowest BCUT2D eigenvalue weighted by Gasteiger charge is -2.57. The fourth-order valence-electron chi connectivity index (χ4n) is 9.26. The minimum Gasteiger partial charge on any atom is -0.397 e. The molecule has 6 heteroatoms. The van der Waals surface area contributed by atoms with Crippen molar-refractivity contribution in [2.24, 2.45) is 40.9 Å². The molecule has 8 atom stereocenters. The molecule has 5 rings (SSSR count). The van der Waals surface area contributed by atoms with E-state index in [0.717, 1.165) is 54.8 Å². The van der Waals surface area contributed by atoms with Gasteiger partial charge in [-0.25, -0.2) is 10.4 Å². The van der Waals surface area contributed by atoms with Gasteiger partial charge in [-0.2, -0.15) is 0 Å².